The molecule has 4 aliphatic rings. The molecule has 0 saturated heterocycles. The highest BCUT2D eigenvalue weighted by Crippen LogP contribution is 2.55. The van der Waals surface area contributed by atoms with Gasteiger partial charge in [0.2, 0.25) is 17.7 Å². The Labute approximate surface area is 206 Å². The highest BCUT2D eigenvalue weighted by Gasteiger charge is 2.52. The first-order valence-electron chi connectivity index (χ1n) is 12.5. The first-order chi connectivity index (χ1) is 16.4. The molecule has 4 aliphatic carbocycles. The summed E-state index contributed by atoms with van der Waals surface area (Å²) in [5.74, 6) is 2.01. The van der Waals surface area contributed by atoms with Gasteiger partial charge in [-0.2, -0.15) is 11.8 Å². The average Bonchev–Trinajstić information content (AvgIpc) is 2.82. The van der Waals surface area contributed by atoms with E-state index in [-0.39, 0.29) is 24.4 Å². The van der Waals surface area contributed by atoms with E-state index >= 15 is 0 Å². The predicted molar refractivity (Wildman–Crippen MR) is 135 cm³/mol. The van der Waals surface area contributed by atoms with E-state index in [4.69, 9.17) is 11.5 Å². The lowest BCUT2D eigenvalue weighted by Gasteiger charge is -2.58. The summed E-state index contributed by atoms with van der Waals surface area (Å²) in [6, 6.07) is 8.33. The third-order valence-corrected chi connectivity index (χ3v) is 8.75. The maximum atomic E-state index is 13.7. The van der Waals surface area contributed by atoms with Crippen molar-refractivity contribution in [2.24, 2.45) is 35.1 Å². The molecular formula is C26H38N4O3S. The molecule has 3 amide bonds. The van der Waals surface area contributed by atoms with E-state index in [2.05, 4.69) is 5.32 Å². The van der Waals surface area contributed by atoms with Crippen molar-refractivity contribution in [3.05, 3.63) is 35.9 Å². The molecule has 5 rings (SSSR count). The second-order valence-corrected chi connectivity index (χ2v) is 11.4. The molecule has 0 heterocycles. The smallest absolute Gasteiger partial charge is 0.242 e. The Morgan fingerprint density at radius 1 is 1.06 bits per heavy atom. The fraction of sp³-hybridized carbons (Fsp3) is 0.654. The number of rotatable bonds is 11. The summed E-state index contributed by atoms with van der Waals surface area (Å²) in [6.07, 6.45) is 8.67. The summed E-state index contributed by atoms with van der Waals surface area (Å²) in [7, 11) is 0. The van der Waals surface area contributed by atoms with E-state index < -0.39 is 18.0 Å². The lowest BCUT2D eigenvalue weighted by atomic mass is 9.53. The first kappa shape index (κ1) is 25.0. The van der Waals surface area contributed by atoms with Crippen molar-refractivity contribution in [1.29, 1.82) is 0 Å². The predicted octanol–water partition coefficient (Wildman–Crippen LogP) is 1.93. The van der Waals surface area contributed by atoms with Crippen LogP contribution in [0.25, 0.3) is 0 Å². The molecule has 0 aromatic heterocycles. The van der Waals surface area contributed by atoms with Gasteiger partial charge in [-0.3, -0.25) is 14.4 Å². The number of hydrogen-bond acceptors (Lipinski definition) is 5. The van der Waals surface area contributed by atoms with Crippen LogP contribution in [-0.2, 0) is 20.8 Å². The summed E-state index contributed by atoms with van der Waals surface area (Å²) >= 11 is 1.63. The molecule has 8 heteroatoms. The van der Waals surface area contributed by atoms with Gasteiger partial charge in [0, 0.05) is 12.5 Å². The largest absolute Gasteiger partial charge is 0.368 e. The summed E-state index contributed by atoms with van der Waals surface area (Å²) in [6.45, 7) is -0.160. The van der Waals surface area contributed by atoms with Crippen molar-refractivity contribution in [3.8, 4) is 0 Å². The summed E-state index contributed by atoms with van der Waals surface area (Å²) in [4.78, 5) is 40.7. The fourth-order valence-electron chi connectivity index (χ4n) is 6.83. The third-order valence-electron chi connectivity index (χ3n) is 8.11. The molecule has 0 spiro atoms. The first-order valence-corrected chi connectivity index (χ1v) is 13.9. The van der Waals surface area contributed by atoms with Crippen LogP contribution in [0.15, 0.2) is 30.3 Å². The highest BCUT2D eigenvalue weighted by molar-refractivity contribution is 7.98. The van der Waals surface area contributed by atoms with E-state index in [9.17, 15) is 14.4 Å². The van der Waals surface area contributed by atoms with Gasteiger partial charge in [0.15, 0.2) is 0 Å². The zero-order valence-corrected chi connectivity index (χ0v) is 20.8. The molecule has 0 radical (unpaired) electrons. The van der Waals surface area contributed by atoms with Gasteiger partial charge in [-0.1, -0.05) is 30.3 Å². The molecule has 186 valence electrons. The second kappa shape index (κ2) is 11.1. The second-order valence-electron chi connectivity index (χ2n) is 10.4. The van der Waals surface area contributed by atoms with Crippen LogP contribution in [0.4, 0.5) is 0 Å². The van der Waals surface area contributed by atoms with Crippen LogP contribution in [-0.4, -0.2) is 59.3 Å². The molecular weight excluding hydrogens is 448 g/mol. The maximum Gasteiger partial charge on any atom is 0.242 e. The Kier molecular flexibility index (Phi) is 8.19. The number of carbonyl (C=O) groups excluding carboxylic acids is 3. The normalized spacial score (nSPS) is 28.8. The molecule has 4 saturated carbocycles. The zero-order chi connectivity index (χ0) is 24.2. The van der Waals surface area contributed by atoms with E-state index in [0.717, 1.165) is 48.8 Å². The van der Waals surface area contributed by atoms with Crippen LogP contribution < -0.4 is 16.8 Å². The van der Waals surface area contributed by atoms with E-state index in [1.54, 1.807) is 16.7 Å². The van der Waals surface area contributed by atoms with Gasteiger partial charge in [-0.25, -0.2) is 0 Å². The van der Waals surface area contributed by atoms with Gasteiger partial charge in [0.05, 0.1) is 12.6 Å². The van der Waals surface area contributed by atoms with Gasteiger partial charge < -0.3 is 21.7 Å². The average molecular weight is 487 g/mol. The van der Waals surface area contributed by atoms with Crippen LogP contribution in [0.5, 0.6) is 0 Å². The molecule has 0 unspecified atom stereocenters. The number of amides is 3. The lowest BCUT2D eigenvalue weighted by Crippen LogP contribution is -2.64. The number of nitrogens with one attached hydrogen (secondary N) is 1. The van der Waals surface area contributed by atoms with Crippen LogP contribution >= 0.6 is 11.8 Å². The number of hydrogen-bond donors (Lipinski definition) is 3. The molecule has 1 aromatic rings. The molecule has 4 bridgehead atoms. The Balaban J connectivity index is 1.55. The minimum atomic E-state index is -0.737. The Morgan fingerprint density at radius 3 is 2.24 bits per heavy atom. The van der Waals surface area contributed by atoms with Crippen LogP contribution in [0.2, 0.25) is 0 Å². The standard InChI is InChI=1S/C26H38N4O3S/c1-34-8-7-21(27)26(33)29-15-23(31)30(22(25(28)32)14-16-5-3-2-4-6-16)24-19-10-17-9-18(12-19)13-20(24)11-17/h2-6,17-22,24H,7-15,27H2,1H3,(H2,28,32)(H,29,33)/t17?,18?,19?,20?,21-,22+,24?/m1/s1. The van der Waals surface area contributed by atoms with Gasteiger partial charge in [0.1, 0.15) is 6.04 Å². The van der Waals surface area contributed by atoms with Crippen molar-refractivity contribution in [1.82, 2.24) is 10.2 Å². The minimum Gasteiger partial charge on any atom is -0.368 e. The van der Waals surface area contributed by atoms with E-state index in [1.165, 1.54) is 6.42 Å². The molecule has 2 atom stereocenters. The Hall–Kier alpha value is -2.06. The minimum absolute atomic E-state index is 0.00331. The molecule has 5 N–H and O–H groups in total. The van der Waals surface area contributed by atoms with E-state index in [0.29, 0.717) is 24.7 Å². The maximum absolute atomic E-state index is 13.7. The lowest BCUT2D eigenvalue weighted by molar-refractivity contribution is -0.153. The number of primary amides is 1. The SMILES string of the molecule is CSCC[C@@H](N)C(=O)NCC(=O)N(C1C2CC3CC(C2)CC1C3)[C@@H](Cc1ccccc1)C(N)=O. The number of nitrogens with two attached hydrogens (primary N) is 2. The molecule has 1 aromatic carbocycles. The fourth-order valence-corrected chi connectivity index (χ4v) is 7.32. The van der Waals surface area contributed by atoms with Crippen molar-refractivity contribution < 1.29 is 14.4 Å². The number of benzene rings is 1. The van der Waals surface area contributed by atoms with Crippen LogP contribution in [0.1, 0.15) is 44.1 Å². The highest BCUT2D eigenvalue weighted by atomic mass is 32.2. The van der Waals surface area contributed by atoms with Crippen LogP contribution in [0.3, 0.4) is 0 Å². The summed E-state index contributed by atoms with van der Waals surface area (Å²) in [5.41, 5.74) is 12.9. The third kappa shape index (κ3) is 5.60. The van der Waals surface area contributed by atoms with Gasteiger partial charge in [0.25, 0.3) is 0 Å². The molecule has 34 heavy (non-hydrogen) atoms. The van der Waals surface area contributed by atoms with Gasteiger partial charge in [-0.15, -0.1) is 0 Å². The van der Waals surface area contributed by atoms with E-state index in [1.807, 2.05) is 36.6 Å². The van der Waals surface area contributed by atoms with Crippen molar-refractivity contribution in [3.63, 3.8) is 0 Å². The monoisotopic (exact) mass is 486 g/mol. The molecule has 7 nitrogen and oxygen atoms in total. The van der Waals surface area contributed by atoms with Gasteiger partial charge in [-0.05, 0) is 79.8 Å². The topological polar surface area (TPSA) is 119 Å². The quantitative estimate of drug-likeness (QED) is 0.442. The Morgan fingerprint density at radius 2 is 1.68 bits per heavy atom. The van der Waals surface area contributed by atoms with Crippen molar-refractivity contribution >= 4 is 29.5 Å². The van der Waals surface area contributed by atoms with Crippen molar-refractivity contribution in [2.75, 3.05) is 18.6 Å². The number of thioether (sulfide) groups is 1. The van der Waals surface area contributed by atoms with Gasteiger partial charge >= 0.3 is 0 Å². The number of carbonyl (C=O) groups is 3. The Bertz CT molecular complexity index is 852. The number of nitrogens with zero attached hydrogens (tertiary/aromatic N) is 1. The molecule has 4 fully saturated rings. The molecule has 0 aliphatic heterocycles. The van der Waals surface area contributed by atoms with Crippen LogP contribution in [0, 0.1) is 23.7 Å². The van der Waals surface area contributed by atoms with Crippen molar-refractivity contribution in [2.45, 2.75) is 63.1 Å². The zero-order valence-electron chi connectivity index (χ0n) is 20.0. The summed E-state index contributed by atoms with van der Waals surface area (Å²) in [5, 5.41) is 2.74. The summed E-state index contributed by atoms with van der Waals surface area (Å²) < 4.78 is 0.